The summed E-state index contributed by atoms with van der Waals surface area (Å²) in [4.78, 5) is 4.26. The maximum Gasteiger partial charge on any atom is 0.235 e. The molecule has 2 heterocycles. The van der Waals surface area contributed by atoms with Gasteiger partial charge < -0.3 is 14.8 Å². The molecule has 0 aliphatic heterocycles. The molecule has 0 saturated carbocycles. The lowest BCUT2D eigenvalue weighted by Gasteiger charge is -2.12. The lowest BCUT2D eigenvalue weighted by atomic mass is 9.98. The molecule has 0 fully saturated rings. The number of hydrogen-bond donors (Lipinski definition) is 3. The summed E-state index contributed by atoms with van der Waals surface area (Å²) < 4.78 is 1.91. The molecule has 8 nitrogen and oxygen atoms in total. The number of aromatic hydroxyl groups is 1. The first-order valence-corrected chi connectivity index (χ1v) is 14.8. The van der Waals surface area contributed by atoms with Gasteiger partial charge in [0.2, 0.25) is 11.7 Å². The maximum atomic E-state index is 10.1. The molecule has 2 aromatic heterocycles. The average molecular weight is 549 g/mol. The fourth-order valence-electron chi connectivity index (χ4n) is 4.28. The highest BCUT2D eigenvalue weighted by Gasteiger charge is 2.16. The highest BCUT2D eigenvalue weighted by molar-refractivity contribution is 5.80. The second-order valence-corrected chi connectivity index (χ2v) is 9.83. The third-order valence-corrected chi connectivity index (χ3v) is 6.57. The second kappa shape index (κ2) is 18.7. The molecule has 3 N–H and O–H groups in total. The molecule has 40 heavy (non-hydrogen) atoms. The molecule has 0 radical (unpaired) electrons. The van der Waals surface area contributed by atoms with Crippen molar-refractivity contribution in [1.29, 1.82) is 0 Å². The van der Waals surface area contributed by atoms with Crippen LogP contribution < -0.4 is 0 Å². The maximum absolute atomic E-state index is 10.1. The van der Waals surface area contributed by atoms with Gasteiger partial charge in [-0.1, -0.05) is 128 Å². The summed E-state index contributed by atoms with van der Waals surface area (Å²) in [5.74, 6) is 1.26. The molecule has 0 unspecified atom stereocenters. The zero-order valence-electron chi connectivity index (χ0n) is 25.0. The van der Waals surface area contributed by atoms with Crippen molar-refractivity contribution in [3.05, 3.63) is 65.6 Å². The van der Waals surface area contributed by atoms with E-state index < -0.39 is 0 Å². The molecule has 0 aliphatic carbocycles. The Balaban J connectivity index is 0.000000482. The van der Waals surface area contributed by atoms with Crippen LogP contribution in [0.4, 0.5) is 0 Å². The molecular formula is C32H48N6O2. The van der Waals surface area contributed by atoms with Gasteiger partial charge in [0.15, 0.2) is 0 Å². The molecule has 8 heteroatoms. The number of rotatable bonds is 12. The van der Waals surface area contributed by atoms with Crippen molar-refractivity contribution in [3.63, 3.8) is 0 Å². The van der Waals surface area contributed by atoms with Gasteiger partial charge in [0, 0.05) is 18.5 Å². The number of aliphatic hydroxyl groups is 1. The predicted octanol–water partition coefficient (Wildman–Crippen LogP) is 7.71. The first-order chi connectivity index (χ1) is 19.5. The second-order valence-electron chi connectivity index (χ2n) is 9.83. The van der Waals surface area contributed by atoms with Crippen molar-refractivity contribution in [2.45, 2.75) is 106 Å². The Morgan fingerprint density at radius 1 is 0.775 bits per heavy atom. The van der Waals surface area contributed by atoms with Crippen LogP contribution in [0.1, 0.15) is 103 Å². The average Bonchev–Trinajstić information content (AvgIpc) is 3.62. The molecule has 0 aliphatic rings. The van der Waals surface area contributed by atoms with Gasteiger partial charge >= 0.3 is 0 Å². The van der Waals surface area contributed by atoms with E-state index in [4.69, 9.17) is 0 Å². The van der Waals surface area contributed by atoms with Crippen LogP contribution in [0.25, 0.3) is 22.5 Å². The van der Waals surface area contributed by atoms with Crippen LogP contribution in [0.15, 0.2) is 48.5 Å². The van der Waals surface area contributed by atoms with Crippen LogP contribution in [-0.4, -0.2) is 40.4 Å². The summed E-state index contributed by atoms with van der Waals surface area (Å²) in [5.41, 5.74) is 4.47. The Labute approximate surface area is 239 Å². The number of aromatic amines is 1. The quantitative estimate of drug-likeness (QED) is 0.167. The topological polar surface area (TPSA) is 113 Å². The van der Waals surface area contributed by atoms with E-state index in [0.29, 0.717) is 18.1 Å². The van der Waals surface area contributed by atoms with Crippen LogP contribution in [0.3, 0.4) is 0 Å². The fourth-order valence-corrected chi connectivity index (χ4v) is 4.28. The first kappa shape index (κ1) is 32.7. The number of imidazole rings is 1. The van der Waals surface area contributed by atoms with Crippen LogP contribution in [0, 0.1) is 0 Å². The minimum Gasteiger partial charge on any atom is -0.492 e. The number of aryl methyl sites for hydroxylation is 1. The van der Waals surface area contributed by atoms with E-state index in [2.05, 4.69) is 72.4 Å². The van der Waals surface area contributed by atoms with Crippen LogP contribution >= 0.6 is 0 Å². The largest absolute Gasteiger partial charge is 0.492 e. The van der Waals surface area contributed by atoms with Gasteiger partial charge in [0.05, 0.1) is 6.61 Å². The lowest BCUT2D eigenvalue weighted by molar-refractivity contribution is 0.264. The highest BCUT2D eigenvalue weighted by Crippen LogP contribution is 2.30. The minimum absolute atomic E-state index is 0.0886. The van der Waals surface area contributed by atoms with E-state index in [1.165, 1.54) is 38.5 Å². The van der Waals surface area contributed by atoms with E-state index in [-0.39, 0.29) is 12.5 Å². The van der Waals surface area contributed by atoms with Crippen LogP contribution in [-0.2, 0) is 19.6 Å². The van der Waals surface area contributed by atoms with E-state index in [1.54, 1.807) is 0 Å². The molecule has 4 rings (SSSR count). The minimum atomic E-state index is -0.249. The van der Waals surface area contributed by atoms with Crippen molar-refractivity contribution in [1.82, 2.24) is 30.2 Å². The van der Waals surface area contributed by atoms with Gasteiger partial charge in [0.25, 0.3) is 0 Å². The van der Waals surface area contributed by atoms with Crippen molar-refractivity contribution in [3.8, 4) is 28.4 Å². The van der Waals surface area contributed by atoms with Crippen LogP contribution in [0.5, 0.6) is 5.88 Å². The van der Waals surface area contributed by atoms with Gasteiger partial charge in [-0.3, -0.25) is 0 Å². The third-order valence-electron chi connectivity index (χ3n) is 6.57. The number of unbranched alkanes of at least 4 members (excludes halogenated alkanes) is 5. The predicted molar refractivity (Wildman–Crippen MR) is 163 cm³/mol. The molecule has 0 saturated heterocycles. The van der Waals surface area contributed by atoms with E-state index in [1.807, 2.05) is 41.0 Å². The Morgan fingerprint density at radius 3 is 1.88 bits per heavy atom. The lowest BCUT2D eigenvalue weighted by Crippen LogP contribution is -2.09. The van der Waals surface area contributed by atoms with Crippen molar-refractivity contribution >= 4 is 0 Å². The number of tetrazole rings is 1. The number of H-pyrrole nitrogens is 1. The summed E-state index contributed by atoms with van der Waals surface area (Å²) >= 11 is 0. The number of hydrogen-bond acceptors (Lipinski definition) is 6. The zero-order valence-corrected chi connectivity index (χ0v) is 25.0. The molecule has 0 spiro atoms. The van der Waals surface area contributed by atoms with Gasteiger partial charge in [-0.2, -0.15) is 10.2 Å². The Hall–Kier alpha value is -3.52. The number of aliphatic hydroxyl groups excluding tert-OH is 1. The van der Waals surface area contributed by atoms with E-state index >= 15 is 0 Å². The number of benzene rings is 2. The van der Waals surface area contributed by atoms with Crippen molar-refractivity contribution < 1.29 is 10.2 Å². The molecule has 0 bridgehead atoms. The van der Waals surface area contributed by atoms with Crippen molar-refractivity contribution in [2.24, 2.45) is 0 Å². The summed E-state index contributed by atoms with van der Waals surface area (Å²) in [6.45, 7) is 11.3. The number of aromatic nitrogens is 6. The highest BCUT2D eigenvalue weighted by atomic mass is 16.3. The summed E-state index contributed by atoms with van der Waals surface area (Å²) in [6, 6.07) is 16.1. The van der Waals surface area contributed by atoms with Gasteiger partial charge in [-0.15, -0.1) is 10.2 Å². The van der Waals surface area contributed by atoms with Crippen molar-refractivity contribution in [2.75, 3.05) is 0 Å². The third kappa shape index (κ3) is 9.90. The standard InChI is InChI=1S/C22H24N6O2.2C5H12/c1-2-3-8-20-23-22(30)19(14-29)28(20)13-15-9-11-16(12-10-15)17-6-4-5-7-18(17)21-24-26-27-25-21;2*1-3-5-4-2/h4-7,9-12,29-30H,2-3,8,13-14H2,1H3,(H,24,25,26,27);2*3-5H2,1-2H3. The van der Waals surface area contributed by atoms with Gasteiger partial charge in [-0.25, -0.2) is 0 Å². The summed E-state index contributed by atoms with van der Waals surface area (Å²) in [7, 11) is 0. The Bertz CT molecular complexity index is 1190. The number of nitrogens with one attached hydrogen (secondary N) is 1. The molecule has 0 amide bonds. The normalized spacial score (nSPS) is 10.4. The first-order valence-electron chi connectivity index (χ1n) is 14.8. The monoisotopic (exact) mass is 548 g/mol. The molecule has 4 aromatic rings. The summed E-state index contributed by atoms with van der Waals surface area (Å²) in [5, 5.41) is 34.1. The Kier molecular flexibility index (Phi) is 15.3. The van der Waals surface area contributed by atoms with E-state index in [9.17, 15) is 10.2 Å². The Morgan fingerprint density at radius 2 is 1.38 bits per heavy atom. The number of nitrogens with zero attached hydrogens (tertiary/aromatic N) is 5. The van der Waals surface area contributed by atoms with Gasteiger partial charge in [0.1, 0.15) is 11.5 Å². The SMILES string of the molecule is CCCCC.CCCCC.CCCCc1nc(O)c(CO)n1Cc1ccc(-c2ccccc2-c2nn[nH]n2)cc1. The van der Waals surface area contributed by atoms with Gasteiger partial charge in [-0.05, 0) is 28.3 Å². The smallest absolute Gasteiger partial charge is 0.235 e. The molecule has 0 atom stereocenters. The fraction of sp³-hybridized carbons (Fsp3) is 0.500. The summed E-state index contributed by atoms with van der Waals surface area (Å²) in [6.07, 6.45) is 10.9. The van der Waals surface area contributed by atoms with E-state index in [0.717, 1.165) is 47.3 Å². The molecule has 218 valence electrons. The molecular weight excluding hydrogens is 500 g/mol. The van der Waals surface area contributed by atoms with Crippen LogP contribution in [0.2, 0.25) is 0 Å². The zero-order chi connectivity index (χ0) is 29.2. The molecule has 2 aromatic carbocycles.